The second kappa shape index (κ2) is 9.74. The highest BCUT2D eigenvalue weighted by Gasteiger charge is 2.20. The molecule has 2 aromatic carbocycles. The number of para-hydroxylation sites is 1. The standard InChI is InChI=1S/C24H33N3O3/c1-7-10-16(11-8-2)18-12-9-13-19-23(18)27(3)24(25-19)26-22-20(29-5)14-17(28-4)15-21(22)30-6/h9,12-16H,7-8,10-11H2,1-6H3,(H,25,26). The lowest BCUT2D eigenvalue weighted by molar-refractivity contribution is 0.378. The van der Waals surface area contributed by atoms with Crippen LogP contribution in [0.1, 0.15) is 51.0 Å². The summed E-state index contributed by atoms with van der Waals surface area (Å²) in [5.74, 6) is 3.22. The van der Waals surface area contributed by atoms with Gasteiger partial charge < -0.3 is 24.1 Å². The van der Waals surface area contributed by atoms with Crippen molar-refractivity contribution in [2.24, 2.45) is 7.05 Å². The molecule has 3 rings (SSSR count). The Balaban J connectivity index is 2.09. The fraction of sp³-hybridized carbons (Fsp3) is 0.458. The minimum Gasteiger partial charge on any atom is -0.496 e. The summed E-state index contributed by atoms with van der Waals surface area (Å²) in [4.78, 5) is 4.87. The SMILES string of the molecule is CCCC(CCC)c1cccc2nc(Nc3c(OC)cc(OC)cc3OC)n(C)c12. The molecule has 0 fully saturated rings. The van der Waals surface area contributed by atoms with Gasteiger partial charge in [0.25, 0.3) is 0 Å². The first-order chi connectivity index (χ1) is 14.6. The predicted molar refractivity (Wildman–Crippen MR) is 123 cm³/mol. The quantitative estimate of drug-likeness (QED) is 0.442. The van der Waals surface area contributed by atoms with Crippen LogP contribution in [0.2, 0.25) is 0 Å². The predicted octanol–water partition coefficient (Wildman–Crippen LogP) is 6.03. The zero-order chi connectivity index (χ0) is 21.7. The van der Waals surface area contributed by atoms with Crippen LogP contribution in [-0.4, -0.2) is 30.9 Å². The number of fused-ring (bicyclic) bond motifs is 1. The van der Waals surface area contributed by atoms with E-state index in [1.54, 1.807) is 21.3 Å². The summed E-state index contributed by atoms with van der Waals surface area (Å²) < 4.78 is 18.7. The van der Waals surface area contributed by atoms with E-state index in [4.69, 9.17) is 19.2 Å². The van der Waals surface area contributed by atoms with Gasteiger partial charge >= 0.3 is 0 Å². The Hall–Kier alpha value is -2.89. The summed E-state index contributed by atoms with van der Waals surface area (Å²) in [5, 5.41) is 3.43. The van der Waals surface area contributed by atoms with E-state index in [0.29, 0.717) is 23.2 Å². The van der Waals surface area contributed by atoms with Gasteiger partial charge in [0.1, 0.15) is 22.9 Å². The van der Waals surface area contributed by atoms with Gasteiger partial charge in [-0.05, 0) is 30.4 Å². The maximum Gasteiger partial charge on any atom is 0.208 e. The number of rotatable bonds is 10. The molecule has 0 aliphatic rings. The minimum absolute atomic E-state index is 0.539. The Kier molecular flexibility index (Phi) is 7.08. The van der Waals surface area contributed by atoms with E-state index in [2.05, 4.69) is 49.0 Å². The third-order valence-corrected chi connectivity index (χ3v) is 5.59. The Morgan fingerprint density at radius 2 is 1.60 bits per heavy atom. The van der Waals surface area contributed by atoms with Gasteiger partial charge in [-0.15, -0.1) is 0 Å². The van der Waals surface area contributed by atoms with Gasteiger partial charge in [-0.3, -0.25) is 0 Å². The highest BCUT2D eigenvalue weighted by Crippen LogP contribution is 2.41. The van der Waals surface area contributed by atoms with E-state index >= 15 is 0 Å². The molecule has 0 amide bonds. The molecule has 0 saturated heterocycles. The number of hydrogen-bond donors (Lipinski definition) is 1. The van der Waals surface area contributed by atoms with Crippen LogP contribution in [0.15, 0.2) is 30.3 Å². The van der Waals surface area contributed by atoms with Crippen LogP contribution < -0.4 is 19.5 Å². The topological polar surface area (TPSA) is 57.5 Å². The van der Waals surface area contributed by atoms with Crippen molar-refractivity contribution in [1.82, 2.24) is 9.55 Å². The summed E-state index contributed by atoms with van der Waals surface area (Å²) >= 11 is 0. The Labute approximate surface area is 179 Å². The molecule has 0 aliphatic heterocycles. The van der Waals surface area contributed by atoms with Crippen molar-refractivity contribution in [2.75, 3.05) is 26.6 Å². The summed E-state index contributed by atoms with van der Waals surface area (Å²) in [6.45, 7) is 4.50. The van der Waals surface area contributed by atoms with E-state index in [-0.39, 0.29) is 0 Å². The largest absolute Gasteiger partial charge is 0.496 e. The fourth-order valence-electron chi connectivity index (χ4n) is 4.13. The average molecular weight is 412 g/mol. The van der Waals surface area contributed by atoms with Gasteiger partial charge in [0.15, 0.2) is 0 Å². The lowest BCUT2D eigenvalue weighted by Gasteiger charge is -2.18. The fourth-order valence-corrected chi connectivity index (χ4v) is 4.13. The number of aromatic nitrogens is 2. The molecular formula is C24H33N3O3. The average Bonchev–Trinajstić information content (AvgIpc) is 3.09. The molecule has 0 bridgehead atoms. The molecule has 0 aliphatic carbocycles. The smallest absolute Gasteiger partial charge is 0.208 e. The molecule has 3 aromatic rings. The highest BCUT2D eigenvalue weighted by molar-refractivity contribution is 5.84. The van der Waals surface area contributed by atoms with Crippen LogP contribution in [0, 0.1) is 0 Å². The Morgan fingerprint density at radius 1 is 0.967 bits per heavy atom. The molecule has 162 valence electrons. The van der Waals surface area contributed by atoms with Crippen LogP contribution in [-0.2, 0) is 7.05 Å². The molecule has 0 spiro atoms. The van der Waals surface area contributed by atoms with Crippen molar-refractivity contribution in [3.8, 4) is 17.2 Å². The van der Waals surface area contributed by atoms with Crippen LogP contribution in [0.5, 0.6) is 17.2 Å². The van der Waals surface area contributed by atoms with E-state index in [1.165, 1.54) is 36.8 Å². The number of ether oxygens (including phenoxy) is 3. The zero-order valence-electron chi connectivity index (χ0n) is 18.9. The number of aryl methyl sites for hydroxylation is 1. The number of hydrogen-bond acceptors (Lipinski definition) is 5. The molecular weight excluding hydrogens is 378 g/mol. The molecule has 0 saturated carbocycles. The zero-order valence-corrected chi connectivity index (χ0v) is 18.9. The van der Waals surface area contributed by atoms with Crippen molar-refractivity contribution >= 4 is 22.7 Å². The molecule has 6 nitrogen and oxygen atoms in total. The molecule has 6 heteroatoms. The number of benzene rings is 2. The van der Waals surface area contributed by atoms with E-state index in [9.17, 15) is 0 Å². The lowest BCUT2D eigenvalue weighted by atomic mass is 9.89. The van der Waals surface area contributed by atoms with E-state index in [0.717, 1.165) is 17.2 Å². The first kappa shape index (κ1) is 21.8. The van der Waals surface area contributed by atoms with Gasteiger partial charge in [-0.25, -0.2) is 4.98 Å². The molecule has 1 aromatic heterocycles. The van der Waals surface area contributed by atoms with Crippen molar-refractivity contribution < 1.29 is 14.2 Å². The lowest BCUT2D eigenvalue weighted by Crippen LogP contribution is -2.05. The van der Waals surface area contributed by atoms with Crippen LogP contribution in [0.3, 0.4) is 0 Å². The van der Waals surface area contributed by atoms with Crippen LogP contribution in [0.25, 0.3) is 11.0 Å². The first-order valence-electron chi connectivity index (χ1n) is 10.6. The second-order valence-electron chi connectivity index (χ2n) is 7.52. The van der Waals surface area contributed by atoms with Crippen LogP contribution in [0.4, 0.5) is 11.6 Å². The second-order valence-corrected chi connectivity index (χ2v) is 7.52. The normalized spacial score (nSPS) is 11.2. The summed E-state index contributed by atoms with van der Waals surface area (Å²) in [7, 11) is 6.94. The maximum atomic E-state index is 5.58. The number of anilines is 2. The van der Waals surface area contributed by atoms with Gasteiger partial charge in [-0.1, -0.05) is 38.8 Å². The van der Waals surface area contributed by atoms with E-state index in [1.807, 2.05) is 12.1 Å². The molecule has 1 heterocycles. The summed E-state index contributed by atoms with van der Waals surface area (Å²) in [6, 6.07) is 10.1. The molecule has 0 unspecified atom stereocenters. The van der Waals surface area contributed by atoms with Crippen molar-refractivity contribution in [3.63, 3.8) is 0 Å². The molecule has 30 heavy (non-hydrogen) atoms. The van der Waals surface area contributed by atoms with Gasteiger partial charge in [-0.2, -0.15) is 0 Å². The third-order valence-electron chi connectivity index (χ3n) is 5.59. The van der Waals surface area contributed by atoms with Gasteiger partial charge in [0.05, 0.1) is 32.4 Å². The maximum absolute atomic E-state index is 5.58. The molecule has 0 radical (unpaired) electrons. The summed E-state index contributed by atoms with van der Waals surface area (Å²) in [5.41, 5.74) is 4.26. The number of nitrogens with one attached hydrogen (secondary N) is 1. The first-order valence-corrected chi connectivity index (χ1v) is 10.6. The molecule has 1 N–H and O–H groups in total. The highest BCUT2D eigenvalue weighted by atomic mass is 16.5. The Bertz CT molecular complexity index is 966. The monoisotopic (exact) mass is 411 g/mol. The van der Waals surface area contributed by atoms with Crippen molar-refractivity contribution in [3.05, 3.63) is 35.9 Å². The summed E-state index contributed by atoms with van der Waals surface area (Å²) in [6.07, 6.45) is 4.70. The number of imidazole rings is 1. The van der Waals surface area contributed by atoms with E-state index < -0.39 is 0 Å². The van der Waals surface area contributed by atoms with Crippen molar-refractivity contribution in [2.45, 2.75) is 45.4 Å². The third kappa shape index (κ3) is 4.18. The molecule has 0 atom stereocenters. The van der Waals surface area contributed by atoms with Gasteiger partial charge in [0.2, 0.25) is 5.95 Å². The number of nitrogens with zero attached hydrogens (tertiary/aromatic N) is 2. The Morgan fingerprint density at radius 3 is 2.13 bits per heavy atom. The minimum atomic E-state index is 0.539. The number of methoxy groups -OCH3 is 3. The van der Waals surface area contributed by atoms with Gasteiger partial charge in [0, 0.05) is 19.2 Å². The van der Waals surface area contributed by atoms with Crippen LogP contribution >= 0.6 is 0 Å². The van der Waals surface area contributed by atoms with Crippen molar-refractivity contribution in [1.29, 1.82) is 0 Å².